The summed E-state index contributed by atoms with van der Waals surface area (Å²) in [4.78, 5) is 11.1. The maximum atomic E-state index is 11.1. The van der Waals surface area contributed by atoms with E-state index in [0.717, 1.165) is 0 Å². The SMILES string of the molecule is C=CCO[C@H]1O[C@H](CO)[C@@H](O)[C@H](O)[C@@H]1NC(C)=O. The van der Waals surface area contributed by atoms with Crippen molar-refractivity contribution in [2.45, 2.75) is 37.6 Å². The smallest absolute Gasteiger partial charge is 0.217 e. The van der Waals surface area contributed by atoms with E-state index < -0.39 is 37.3 Å². The van der Waals surface area contributed by atoms with Crippen LogP contribution in [-0.4, -0.2) is 65.1 Å². The van der Waals surface area contributed by atoms with Gasteiger partial charge in [0.05, 0.1) is 13.2 Å². The number of hydrogen-bond donors (Lipinski definition) is 4. The zero-order valence-electron chi connectivity index (χ0n) is 10.2. The predicted molar refractivity (Wildman–Crippen MR) is 61.5 cm³/mol. The number of carbonyl (C=O) groups excluding carboxylic acids is 1. The lowest BCUT2D eigenvalue weighted by molar-refractivity contribution is -0.267. The summed E-state index contributed by atoms with van der Waals surface area (Å²) in [6.07, 6.45) is -3.01. The number of aliphatic hydroxyl groups is 3. The van der Waals surface area contributed by atoms with Crippen LogP contribution in [0.3, 0.4) is 0 Å². The summed E-state index contributed by atoms with van der Waals surface area (Å²) < 4.78 is 10.5. The molecule has 1 heterocycles. The van der Waals surface area contributed by atoms with Crippen molar-refractivity contribution in [3.8, 4) is 0 Å². The molecule has 0 aromatic carbocycles. The minimum atomic E-state index is -1.30. The molecule has 5 atom stereocenters. The Kier molecular flexibility index (Phi) is 5.70. The van der Waals surface area contributed by atoms with E-state index in [2.05, 4.69) is 11.9 Å². The van der Waals surface area contributed by atoms with Crippen LogP contribution in [-0.2, 0) is 14.3 Å². The normalized spacial score (nSPS) is 36.1. The maximum absolute atomic E-state index is 11.1. The second-order valence-electron chi connectivity index (χ2n) is 4.05. The highest BCUT2D eigenvalue weighted by Crippen LogP contribution is 2.22. The van der Waals surface area contributed by atoms with Crippen LogP contribution in [0.15, 0.2) is 12.7 Å². The van der Waals surface area contributed by atoms with Crippen molar-refractivity contribution < 1.29 is 29.6 Å². The average Bonchev–Trinajstić information content (AvgIpc) is 2.33. The van der Waals surface area contributed by atoms with Gasteiger partial charge >= 0.3 is 0 Å². The van der Waals surface area contributed by atoms with Crippen LogP contribution in [0.5, 0.6) is 0 Å². The van der Waals surface area contributed by atoms with Crippen LogP contribution in [0.1, 0.15) is 6.92 Å². The second kappa shape index (κ2) is 6.81. The van der Waals surface area contributed by atoms with Crippen molar-refractivity contribution >= 4 is 5.91 Å². The number of rotatable bonds is 5. The highest BCUT2D eigenvalue weighted by molar-refractivity contribution is 5.73. The lowest BCUT2D eigenvalue weighted by Crippen LogP contribution is -2.64. The van der Waals surface area contributed by atoms with Crippen molar-refractivity contribution in [2.24, 2.45) is 0 Å². The van der Waals surface area contributed by atoms with Gasteiger partial charge in [0.1, 0.15) is 24.4 Å². The number of aliphatic hydroxyl groups excluding tert-OH is 3. The van der Waals surface area contributed by atoms with E-state index in [-0.39, 0.29) is 12.5 Å². The number of hydrogen-bond acceptors (Lipinski definition) is 6. The molecule has 1 amide bonds. The maximum Gasteiger partial charge on any atom is 0.217 e. The Morgan fingerprint density at radius 1 is 1.50 bits per heavy atom. The largest absolute Gasteiger partial charge is 0.394 e. The highest BCUT2D eigenvalue weighted by Gasteiger charge is 2.45. The lowest BCUT2D eigenvalue weighted by Gasteiger charge is -2.42. The highest BCUT2D eigenvalue weighted by atomic mass is 16.7. The molecular formula is C11H19NO6. The zero-order chi connectivity index (χ0) is 13.7. The first kappa shape index (κ1) is 15.1. The second-order valence-corrected chi connectivity index (χ2v) is 4.05. The van der Waals surface area contributed by atoms with Gasteiger partial charge in [-0.1, -0.05) is 6.08 Å². The third-order valence-electron chi connectivity index (χ3n) is 2.63. The molecule has 18 heavy (non-hydrogen) atoms. The molecule has 1 rings (SSSR count). The van der Waals surface area contributed by atoms with E-state index in [0.29, 0.717) is 0 Å². The Morgan fingerprint density at radius 2 is 2.17 bits per heavy atom. The molecule has 0 aliphatic carbocycles. The lowest BCUT2D eigenvalue weighted by atomic mass is 9.97. The first-order valence-corrected chi connectivity index (χ1v) is 5.63. The number of nitrogens with one attached hydrogen (secondary N) is 1. The van der Waals surface area contributed by atoms with Crippen LogP contribution in [0.4, 0.5) is 0 Å². The molecule has 0 aromatic rings. The monoisotopic (exact) mass is 261 g/mol. The Morgan fingerprint density at radius 3 is 2.67 bits per heavy atom. The summed E-state index contributed by atoms with van der Waals surface area (Å²) >= 11 is 0. The molecule has 1 fully saturated rings. The zero-order valence-corrected chi connectivity index (χ0v) is 10.2. The van der Waals surface area contributed by atoms with Crippen LogP contribution in [0, 0.1) is 0 Å². The first-order chi connectivity index (χ1) is 8.51. The molecule has 1 aliphatic heterocycles. The summed E-state index contributed by atoms with van der Waals surface area (Å²) in [6, 6.07) is -0.903. The van der Waals surface area contributed by atoms with Gasteiger partial charge in [0.25, 0.3) is 0 Å². The standard InChI is InChI=1S/C11H19NO6/c1-3-4-17-11-8(12-6(2)14)10(16)9(15)7(5-13)18-11/h3,7-11,13,15-16H,1,4-5H2,2H3,(H,12,14)/t7-,8+,9-,10-,11+/m1/s1. The molecule has 0 unspecified atom stereocenters. The number of carbonyl (C=O) groups is 1. The van der Waals surface area contributed by atoms with Gasteiger partial charge in [-0.15, -0.1) is 6.58 Å². The molecule has 4 N–H and O–H groups in total. The third-order valence-corrected chi connectivity index (χ3v) is 2.63. The van der Waals surface area contributed by atoms with Gasteiger partial charge in [0.2, 0.25) is 5.91 Å². The van der Waals surface area contributed by atoms with Crippen LogP contribution in [0.25, 0.3) is 0 Å². The molecule has 104 valence electrons. The van der Waals surface area contributed by atoms with Crippen LogP contribution < -0.4 is 5.32 Å². The Labute approximate surface area is 105 Å². The summed E-state index contributed by atoms with van der Waals surface area (Å²) in [5, 5.41) is 31.1. The van der Waals surface area contributed by atoms with E-state index in [9.17, 15) is 15.0 Å². The van der Waals surface area contributed by atoms with E-state index >= 15 is 0 Å². The molecule has 1 saturated heterocycles. The molecule has 0 aromatic heterocycles. The Hall–Kier alpha value is -0.990. The van der Waals surface area contributed by atoms with Gasteiger partial charge in [-0.05, 0) is 0 Å². The summed E-state index contributed by atoms with van der Waals surface area (Å²) in [6.45, 7) is 4.45. The number of ether oxygens (including phenoxy) is 2. The fourth-order valence-corrected chi connectivity index (χ4v) is 1.78. The average molecular weight is 261 g/mol. The molecule has 0 bridgehead atoms. The van der Waals surface area contributed by atoms with Crippen molar-refractivity contribution in [2.75, 3.05) is 13.2 Å². The Balaban J connectivity index is 2.79. The predicted octanol–water partition coefficient (Wildman–Crippen LogP) is -1.87. The third kappa shape index (κ3) is 3.50. The van der Waals surface area contributed by atoms with E-state index in [1.54, 1.807) is 0 Å². The molecule has 7 nitrogen and oxygen atoms in total. The molecule has 0 spiro atoms. The molecule has 0 radical (unpaired) electrons. The van der Waals surface area contributed by atoms with Gasteiger partial charge in [0.15, 0.2) is 6.29 Å². The van der Waals surface area contributed by atoms with E-state index in [1.165, 1.54) is 13.0 Å². The molecule has 0 saturated carbocycles. The summed E-state index contributed by atoms with van der Waals surface area (Å²) in [5.74, 6) is -0.385. The van der Waals surface area contributed by atoms with Crippen molar-refractivity contribution in [3.05, 3.63) is 12.7 Å². The summed E-state index contributed by atoms with van der Waals surface area (Å²) in [5.41, 5.74) is 0. The fourth-order valence-electron chi connectivity index (χ4n) is 1.78. The summed E-state index contributed by atoms with van der Waals surface area (Å²) in [7, 11) is 0. The van der Waals surface area contributed by atoms with Crippen molar-refractivity contribution in [3.63, 3.8) is 0 Å². The van der Waals surface area contributed by atoms with Gasteiger partial charge in [-0.3, -0.25) is 4.79 Å². The molecule has 7 heteroatoms. The van der Waals surface area contributed by atoms with E-state index in [1.807, 2.05) is 0 Å². The van der Waals surface area contributed by atoms with Crippen LogP contribution >= 0.6 is 0 Å². The first-order valence-electron chi connectivity index (χ1n) is 5.63. The Bertz CT molecular complexity index is 297. The topological polar surface area (TPSA) is 108 Å². The fraction of sp³-hybridized carbons (Fsp3) is 0.727. The molecular weight excluding hydrogens is 242 g/mol. The minimum absolute atomic E-state index is 0.154. The van der Waals surface area contributed by atoms with Gasteiger partial charge < -0.3 is 30.1 Å². The van der Waals surface area contributed by atoms with Crippen molar-refractivity contribution in [1.29, 1.82) is 0 Å². The van der Waals surface area contributed by atoms with Gasteiger partial charge in [0, 0.05) is 6.92 Å². The van der Waals surface area contributed by atoms with Crippen molar-refractivity contribution in [1.82, 2.24) is 5.32 Å². The number of amides is 1. The molecule has 1 aliphatic rings. The van der Waals surface area contributed by atoms with Gasteiger partial charge in [-0.2, -0.15) is 0 Å². The van der Waals surface area contributed by atoms with E-state index in [4.69, 9.17) is 14.6 Å². The minimum Gasteiger partial charge on any atom is -0.394 e. The quantitative estimate of drug-likeness (QED) is 0.432. The van der Waals surface area contributed by atoms with Gasteiger partial charge in [-0.25, -0.2) is 0 Å². The van der Waals surface area contributed by atoms with Crippen LogP contribution in [0.2, 0.25) is 0 Å².